The molecule has 21 heavy (non-hydrogen) atoms. The quantitative estimate of drug-likeness (QED) is 0.904. The van der Waals surface area contributed by atoms with Gasteiger partial charge >= 0.3 is 0 Å². The van der Waals surface area contributed by atoms with Crippen molar-refractivity contribution in [1.82, 2.24) is 10.1 Å². The molecule has 2 unspecified atom stereocenters. The molecule has 2 aromatic rings. The molecule has 1 aliphatic heterocycles. The van der Waals surface area contributed by atoms with Gasteiger partial charge in [-0.05, 0) is 18.2 Å². The average molecular weight is 291 g/mol. The summed E-state index contributed by atoms with van der Waals surface area (Å²) in [4.78, 5) is 4.41. The van der Waals surface area contributed by atoms with Gasteiger partial charge in [0, 0.05) is 11.6 Å². The Morgan fingerprint density at radius 1 is 1.19 bits per heavy atom. The molecule has 3 rings (SSSR count). The number of benzene rings is 1. The van der Waals surface area contributed by atoms with E-state index in [1.165, 1.54) is 0 Å². The van der Waals surface area contributed by atoms with Crippen molar-refractivity contribution in [2.24, 2.45) is 5.73 Å². The van der Waals surface area contributed by atoms with Gasteiger partial charge in [0.05, 0.1) is 33.4 Å². The predicted octanol–water partition coefficient (Wildman–Crippen LogP) is 1.19. The Balaban J connectivity index is 1.89. The third-order valence-corrected chi connectivity index (χ3v) is 3.53. The van der Waals surface area contributed by atoms with Crippen LogP contribution in [0.4, 0.5) is 0 Å². The number of nitrogens with zero attached hydrogens (tertiary/aromatic N) is 2. The highest BCUT2D eigenvalue weighted by atomic mass is 16.5. The van der Waals surface area contributed by atoms with Crippen molar-refractivity contribution in [1.29, 1.82) is 0 Å². The lowest BCUT2D eigenvalue weighted by molar-refractivity contribution is 0.187. The predicted molar refractivity (Wildman–Crippen MR) is 74.4 cm³/mol. The Hall–Kier alpha value is -2.12. The number of ether oxygens (including phenoxy) is 3. The fourth-order valence-corrected chi connectivity index (χ4v) is 2.30. The van der Waals surface area contributed by atoms with E-state index in [-0.39, 0.29) is 12.0 Å². The Labute approximate surface area is 122 Å². The molecule has 1 aromatic heterocycles. The second kappa shape index (κ2) is 5.71. The second-order valence-corrected chi connectivity index (χ2v) is 4.83. The summed E-state index contributed by atoms with van der Waals surface area (Å²) in [7, 11) is 3.17. The van der Waals surface area contributed by atoms with E-state index < -0.39 is 0 Å². The minimum absolute atomic E-state index is 0.0496. The number of methoxy groups -OCH3 is 2. The average Bonchev–Trinajstić information content (AvgIpc) is 3.15. The van der Waals surface area contributed by atoms with Crippen molar-refractivity contribution < 1.29 is 18.7 Å². The van der Waals surface area contributed by atoms with Gasteiger partial charge in [-0.3, -0.25) is 0 Å². The zero-order valence-electron chi connectivity index (χ0n) is 11.9. The minimum Gasteiger partial charge on any atom is -0.493 e. The molecule has 0 spiro atoms. The van der Waals surface area contributed by atoms with Crippen LogP contribution in [0, 0.1) is 0 Å². The molecule has 0 radical (unpaired) electrons. The van der Waals surface area contributed by atoms with Crippen molar-refractivity contribution >= 4 is 0 Å². The van der Waals surface area contributed by atoms with Crippen molar-refractivity contribution in [3.8, 4) is 22.9 Å². The smallest absolute Gasteiger partial charge is 0.234 e. The van der Waals surface area contributed by atoms with Crippen molar-refractivity contribution in [3.63, 3.8) is 0 Å². The molecule has 2 N–H and O–H groups in total. The Kier molecular flexibility index (Phi) is 3.76. The van der Waals surface area contributed by atoms with Gasteiger partial charge in [-0.25, -0.2) is 0 Å². The standard InChI is InChI=1S/C14H17N3O4/c1-18-11-4-3-8(5-12(11)19-2)13-16-14(21-17-13)9-6-20-7-10(9)15/h3-5,9-10H,6-7,15H2,1-2H3. The SMILES string of the molecule is COc1ccc(-c2noc(C3COCC3N)n2)cc1OC. The molecular formula is C14H17N3O4. The topological polar surface area (TPSA) is 92.6 Å². The molecule has 0 saturated carbocycles. The fraction of sp³-hybridized carbons (Fsp3) is 0.429. The monoisotopic (exact) mass is 291 g/mol. The number of hydrogen-bond donors (Lipinski definition) is 1. The van der Waals surface area contributed by atoms with Gasteiger partial charge in [-0.2, -0.15) is 4.98 Å². The molecule has 112 valence electrons. The van der Waals surface area contributed by atoms with Crippen LogP contribution in [0.2, 0.25) is 0 Å². The van der Waals surface area contributed by atoms with E-state index in [4.69, 9.17) is 24.5 Å². The van der Waals surface area contributed by atoms with Gasteiger partial charge in [-0.1, -0.05) is 5.16 Å². The molecule has 2 heterocycles. The molecule has 0 bridgehead atoms. The Morgan fingerprint density at radius 3 is 2.67 bits per heavy atom. The number of nitrogens with two attached hydrogens (primary N) is 1. The minimum atomic E-state index is -0.108. The maximum atomic E-state index is 5.95. The van der Waals surface area contributed by atoms with E-state index in [0.717, 1.165) is 5.56 Å². The second-order valence-electron chi connectivity index (χ2n) is 4.83. The lowest BCUT2D eigenvalue weighted by Gasteiger charge is -2.08. The first-order valence-corrected chi connectivity index (χ1v) is 6.62. The van der Waals surface area contributed by atoms with Crippen LogP contribution in [-0.4, -0.2) is 43.6 Å². The Bertz CT molecular complexity index is 628. The van der Waals surface area contributed by atoms with Gasteiger partial charge < -0.3 is 24.5 Å². The summed E-state index contributed by atoms with van der Waals surface area (Å²) in [5.41, 5.74) is 6.74. The van der Waals surface area contributed by atoms with Gasteiger partial charge in [0.25, 0.3) is 0 Å². The van der Waals surface area contributed by atoms with Crippen LogP contribution in [-0.2, 0) is 4.74 Å². The van der Waals surface area contributed by atoms with Crippen LogP contribution in [0.5, 0.6) is 11.5 Å². The zero-order chi connectivity index (χ0) is 14.8. The van der Waals surface area contributed by atoms with E-state index in [9.17, 15) is 0 Å². The van der Waals surface area contributed by atoms with Crippen molar-refractivity contribution in [2.45, 2.75) is 12.0 Å². The molecule has 1 aromatic carbocycles. The van der Waals surface area contributed by atoms with Gasteiger partial charge in [-0.15, -0.1) is 0 Å². The van der Waals surface area contributed by atoms with E-state index in [1.807, 2.05) is 6.07 Å². The van der Waals surface area contributed by atoms with E-state index in [2.05, 4.69) is 10.1 Å². The van der Waals surface area contributed by atoms with Crippen LogP contribution in [0.1, 0.15) is 11.8 Å². The first kappa shape index (κ1) is 13.8. The highest BCUT2D eigenvalue weighted by Crippen LogP contribution is 2.32. The maximum Gasteiger partial charge on any atom is 0.234 e. The zero-order valence-corrected chi connectivity index (χ0v) is 11.9. The third-order valence-electron chi connectivity index (χ3n) is 3.53. The molecule has 7 heteroatoms. The Morgan fingerprint density at radius 2 is 2.00 bits per heavy atom. The summed E-state index contributed by atoms with van der Waals surface area (Å²) >= 11 is 0. The highest BCUT2D eigenvalue weighted by molar-refractivity contribution is 5.60. The summed E-state index contributed by atoms with van der Waals surface area (Å²) in [5.74, 6) is 2.21. The van der Waals surface area contributed by atoms with Crippen molar-refractivity contribution in [3.05, 3.63) is 24.1 Å². The number of aromatic nitrogens is 2. The molecule has 0 amide bonds. The lowest BCUT2D eigenvalue weighted by atomic mass is 10.1. The number of rotatable bonds is 4. The summed E-state index contributed by atoms with van der Waals surface area (Å²) in [6.45, 7) is 1.02. The maximum absolute atomic E-state index is 5.95. The van der Waals surface area contributed by atoms with Gasteiger partial charge in [0.2, 0.25) is 11.7 Å². The normalized spacial score (nSPS) is 21.5. The largest absolute Gasteiger partial charge is 0.493 e. The molecular weight excluding hydrogens is 274 g/mol. The third kappa shape index (κ3) is 2.57. The van der Waals surface area contributed by atoms with Gasteiger partial charge in [0.15, 0.2) is 11.5 Å². The summed E-state index contributed by atoms with van der Waals surface area (Å²) in [6.07, 6.45) is 0. The summed E-state index contributed by atoms with van der Waals surface area (Å²) < 4.78 is 21.1. The molecule has 1 fully saturated rings. The van der Waals surface area contributed by atoms with E-state index in [1.54, 1.807) is 26.4 Å². The highest BCUT2D eigenvalue weighted by Gasteiger charge is 2.31. The fourth-order valence-electron chi connectivity index (χ4n) is 2.30. The number of hydrogen-bond acceptors (Lipinski definition) is 7. The molecule has 0 aliphatic carbocycles. The van der Waals surface area contributed by atoms with Crippen molar-refractivity contribution in [2.75, 3.05) is 27.4 Å². The molecule has 1 saturated heterocycles. The molecule has 7 nitrogen and oxygen atoms in total. The van der Waals surface area contributed by atoms with E-state index in [0.29, 0.717) is 36.4 Å². The summed E-state index contributed by atoms with van der Waals surface area (Å²) in [6, 6.07) is 5.34. The molecule has 2 atom stereocenters. The first-order valence-electron chi connectivity index (χ1n) is 6.62. The van der Waals surface area contributed by atoms with Crippen LogP contribution >= 0.6 is 0 Å². The van der Waals surface area contributed by atoms with Crippen LogP contribution in [0.3, 0.4) is 0 Å². The van der Waals surface area contributed by atoms with Gasteiger partial charge in [0.1, 0.15) is 0 Å². The lowest BCUT2D eigenvalue weighted by Crippen LogP contribution is -2.26. The summed E-state index contributed by atoms with van der Waals surface area (Å²) in [5, 5.41) is 4.00. The van der Waals surface area contributed by atoms with Crippen LogP contribution in [0.25, 0.3) is 11.4 Å². The van der Waals surface area contributed by atoms with Crippen LogP contribution in [0.15, 0.2) is 22.7 Å². The van der Waals surface area contributed by atoms with E-state index >= 15 is 0 Å². The first-order chi connectivity index (χ1) is 10.2. The van der Waals surface area contributed by atoms with Crippen LogP contribution < -0.4 is 15.2 Å². The molecule has 1 aliphatic rings.